The van der Waals surface area contributed by atoms with E-state index in [9.17, 15) is 4.79 Å². The third kappa shape index (κ3) is 2.60. The average Bonchev–Trinajstić information content (AvgIpc) is 3.23. The van der Waals surface area contributed by atoms with Crippen LogP contribution in [0.5, 0.6) is 5.75 Å². The summed E-state index contributed by atoms with van der Waals surface area (Å²) in [4.78, 5) is 14.6. The highest BCUT2D eigenvalue weighted by Crippen LogP contribution is 2.37. The number of likely N-dealkylation sites (tertiary alicyclic amines) is 1. The molecule has 1 aliphatic rings. The molecule has 1 amide bonds. The molecule has 22 heavy (non-hydrogen) atoms. The van der Waals surface area contributed by atoms with Gasteiger partial charge in [-0.2, -0.15) is 0 Å². The number of nitrogens with two attached hydrogens (primary N) is 1. The molecule has 2 aromatic rings. The fourth-order valence-corrected chi connectivity index (χ4v) is 3.02. The van der Waals surface area contributed by atoms with E-state index in [1.165, 1.54) is 0 Å². The number of hydrogen-bond donors (Lipinski definition) is 1. The summed E-state index contributed by atoms with van der Waals surface area (Å²) in [6.45, 7) is 1.02. The van der Waals surface area contributed by atoms with E-state index in [2.05, 4.69) is 0 Å². The number of carbonyl (C=O) groups excluding carboxylic acids is 1. The number of carbonyl (C=O) groups is 1. The Morgan fingerprint density at radius 3 is 2.91 bits per heavy atom. The molecule has 0 radical (unpaired) electrons. The second-order valence-electron chi connectivity index (χ2n) is 5.37. The molecule has 5 nitrogen and oxygen atoms in total. The molecule has 0 saturated carbocycles. The molecule has 2 N–H and O–H groups in total. The average molecular weight is 300 g/mol. The topological polar surface area (TPSA) is 68.7 Å². The Balaban J connectivity index is 1.88. The maximum atomic E-state index is 12.7. The molecule has 1 fully saturated rings. The van der Waals surface area contributed by atoms with Crippen molar-refractivity contribution >= 4 is 5.91 Å². The second-order valence-corrected chi connectivity index (χ2v) is 5.37. The van der Waals surface area contributed by atoms with Crippen LogP contribution in [0.4, 0.5) is 0 Å². The van der Waals surface area contributed by atoms with E-state index in [1.807, 2.05) is 29.2 Å². The summed E-state index contributed by atoms with van der Waals surface area (Å²) < 4.78 is 10.9. The number of rotatable bonds is 4. The van der Waals surface area contributed by atoms with Crippen LogP contribution < -0.4 is 10.5 Å². The zero-order valence-corrected chi connectivity index (χ0v) is 12.6. The zero-order chi connectivity index (χ0) is 15.5. The molecular weight excluding hydrogens is 280 g/mol. The van der Waals surface area contributed by atoms with Gasteiger partial charge < -0.3 is 19.8 Å². The van der Waals surface area contributed by atoms with E-state index in [4.69, 9.17) is 14.9 Å². The Hall–Kier alpha value is -2.27. The molecule has 116 valence electrons. The third-order valence-corrected chi connectivity index (χ3v) is 4.09. The van der Waals surface area contributed by atoms with Crippen molar-refractivity contribution in [1.29, 1.82) is 0 Å². The molecule has 5 heteroatoms. The van der Waals surface area contributed by atoms with Crippen LogP contribution in [0.25, 0.3) is 0 Å². The maximum absolute atomic E-state index is 12.7. The van der Waals surface area contributed by atoms with Gasteiger partial charge in [0.25, 0.3) is 5.91 Å². The molecule has 0 spiro atoms. The van der Waals surface area contributed by atoms with Gasteiger partial charge >= 0.3 is 0 Å². The smallest absolute Gasteiger partial charge is 0.290 e. The van der Waals surface area contributed by atoms with Crippen LogP contribution in [-0.4, -0.2) is 24.5 Å². The number of ether oxygens (including phenoxy) is 1. The van der Waals surface area contributed by atoms with E-state index in [0.29, 0.717) is 18.1 Å². The van der Waals surface area contributed by atoms with Crippen molar-refractivity contribution in [1.82, 2.24) is 4.90 Å². The molecule has 1 atom stereocenters. The Morgan fingerprint density at radius 2 is 2.18 bits per heavy atom. The van der Waals surface area contributed by atoms with Crippen LogP contribution in [0.1, 0.15) is 40.8 Å². The molecule has 0 bridgehead atoms. The predicted molar refractivity (Wildman–Crippen MR) is 82.6 cm³/mol. The van der Waals surface area contributed by atoms with Crippen LogP contribution in [0, 0.1) is 0 Å². The monoisotopic (exact) mass is 300 g/mol. The van der Waals surface area contributed by atoms with Gasteiger partial charge in [-0.15, -0.1) is 0 Å². The number of nitrogens with zero attached hydrogens (tertiary/aromatic N) is 1. The summed E-state index contributed by atoms with van der Waals surface area (Å²) in [6, 6.07) is 11.3. The van der Waals surface area contributed by atoms with Crippen molar-refractivity contribution in [3.63, 3.8) is 0 Å². The molecule has 2 heterocycles. The summed E-state index contributed by atoms with van der Waals surface area (Å²) in [5.41, 5.74) is 6.58. The molecule has 3 rings (SSSR count). The molecule has 1 aromatic heterocycles. The lowest BCUT2D eigenvalue weighted by molar-refractivity contribution is 0.0700. The highest BCUT2D eigenvalue weighted by molar-refractivity contribution is 5.92. The number of para-hydroxylation sites is 1. The number of hydrogen-bond acceptors (Lipinski definition) is 4. The molecule has 0 aliphatic carbocycles. The van der Waals surface area contributed by atoms with Gasteiger partial charge in [0.15, 0.2) is 5.76 Å². The predicted octanol–water partition coefficient (Wildman–Crippen LogP) is 2.72. The minimum absolute atomic E-state index is 0.0232. The Bertz CT molecular complexity index is 665. The standard InChI is InChI=1S/C17H20N2O3/c1-21-15-7-3-2-5-13(15)14-6-4-10-19(14)17(20)16-9-8-12(11-18)22-16/h2-3,5,7-9,14H,4,6,10-11,18H2,1H3/t14-/m1/s1. The molecule has 1 saturated heterocycles. The third-order valence-electron chi connectivity index (χ3n) is 4.09. The minimum Gasteiger partial charge on any atom is -0.496 e. The van der Waals surface area contributed by atoms with Gasteiger partial charge in [0.2, 0.25) is 0 Å². The van der Waals surface area contributed by atoms with Crippen LogP contribution in [-0.2, 0) is 6.54 Å². The molecule has 1 aliphatic heterocycles. The van der Waals surface area contributed by atoms with E-state index in [1.54, 1.807) is 19.2 Å². The first-order chi connectivity index (χ1) is 10.7. The Kier molecular flexibility index (Phi) is 4.15. The van der Waals surface area contributed by atoms with Crippen LogP contribution in [0.3, 0.4) is 0 Å². The minimum atomic E-state index is -0.0897. The fraction of sp³-hybridized carbons (Fsp3) is 0.353. The number of benzene rings is 1. The van der Waals surface area contributed by atoms with E-state index < -0.39 is 0 Å². The summed E-state index contributed by atoms with van der Waals surface area (Å²) >= 11 is 0. The van der Waals surface area contributed by atoms with Gasteiger partial charge in [-0.3, -0.25) is 4.79 Å². The van der Waals surface area contributed by atoms with Crippen molar-refractivity contribution in [2.45, 2.75) is 25.4 Å². The number of amides is 1. The van der Waals surface area contributed by atoms with Crippen molar-refractivity contribution in [2.75, 3.05) is 13.7 Å². The normalized spacial score (nSPS) is 17.7. The molecule has 0 unspecified atom stereocenters. The van der Waals surface area contributed by atoms with Crippen LogP contribution in [0.2, 0.25) is 0 Å². The fourth-order valence-electron chi connectivity index (χ4n) is 3.02. The van der Waals surface area contributed by atoms with E-state index >= 15 is 0 Å². The van der Waals surface area contributed by atoms with Crippen molar-refractivity contribution in [2.24, 2.45) is 5.73 Å². The van der Waals surface area contributed by atoms with E-state index in [0.717, 1.165) is 30.7 Å². The lowest BCUT2D eigenvalue weighted by Crippen LogP contribution is -2.30. The lowest BCUT2D eigenvalue weighted by atomic mass is 10.0. The summed E-state index contributed by atoms with van der Waals surface area (Å²) in [5, 5.41) is 0. The summed E-state index contributed by atoms with van der Waals surface area (Å²) in [5.74, 6) is 1.70. The van der Waals surface area contributed by atoms with Crippen LogP contribution >= 0.6 is 0 Å². The summed E-state index contributed by atoms with van der Waals surface area (Å²) in [7, 11) is 1.65. The second kappa shape index (κ2) is 6.23. The van der Waals surface area contributed by atoms with Crippen molar-refractivity contribution in [3.05, 3.63) is 53.5 Å². The highest BCUT2D eigenvalue weighted by atomic mass is 16.5. The van der Waals surface area contributed by atoms with Gasteiger partial charge in [-0.25, -0.2) is 0 Å². The van der Waals surface area contributed by atoms with Gasteiger partial charge in [0.05, 0.1) is 19.7 Å². The summed E-state index contributed by atoms with van der Waals surface area (Å²) in [6.07, 6.45) is 1.90. The van der Waals surface area contributed by atoms with E-state index in [-0.39, 0.29) is 11.9 Å². The van der Waals surface area contributed by atoms with Crippen molar-refractivity contribution < 1.29 is 13.9 Å². The highest BCUT2D eigenvalue weighted by Gasteiger charge is 2.33. The first-order valence-corrected chi connectivity index (χ1v) is 7.47. The Morgan fingerprint density at radius 1 is 1.36 bits per heavy atom. The zero-order valence-electron chi connectivity index (χ0n) is 12.6. The van der Waals surface area contributed by atoms with Gasteiger partial charge in [-0.1, -0.05) is 18.2 Å². The first kappa shape index (κ1) is 14.7. The van der Waals surface area contributed by atoms with Crippen LogP contribution in [0.15, 0.2) is 40.8 Å². The Labute approximate surface area is 129 Å². The van der Waals surface area contributed by atoms with Gasteiger partial charge in [-0.05, 0) is 31.0 Å². The number of furan rings is 1. The van der Waals surface area contributed by atoms with Crippen molar-refractivity contribution in [3.8, 4) is 5.75 Å². The van der Waals surface area contributed by atoms with Gasteiger partial charge in [0, 0.05) is 12.1 Å². The van der Waals surface area contributed by atoms with Gasteiger partial charge in [0.1, 0.15) is 11.5 Å². The largest absolute Gasteiger partial charge is 0.496 e. The molecular formula is C17H20N2O3. The first-order valence-electron chi connectivity index (χ1n) is 7.47. The number of methoxy groups -OCH3 is 1. The maximum Gasteiger partial charge on any atom is 0.290 e. The molecule has 1 aromatic carbocycles. The quantitative estimate of drug-likeness (QED) is 0.942. The SMILES string of the molecule is COc1ccccc1[C@H]1CCCN1C(=O)c1ccc(CN)o1. The lowest BCUT2D eigenvalue weighted by Gasteiger charge is -2.25.